The van der Waals surface area contributed by atoms with Crippen molar-refractivity contribution in [3.05, 3.63) is 10.6 Å². The first-order valence-corrected chi connectivity index (χ1v) is 6.26. The molecule has 1 aromatic heterocycles. The lowest BCUT2D eigenvalue weighted by Gasteiger charge is -2.34. The van der Waals surface area contributed by atoms with Crippen LogP contribution in [0.15, 0.2) is 0 Å². The maximum Gasteiger partial charge on any atom is 0.273 e. The highest BCUT2D eigenvalue weighted by Crippen LogP contribution is 2.33. The van der Waals surface area contributed by atoms with E-state index >= 15 is 0 Å². The van der Waals surface area contributed by atoms with E-state index in [1.165, 1.54) is 17.7 Å². The summed E-state index contributed by atoms with van der Waals surface area (Å²) in [5.41, 5.74) is 1.10. The summed E-state index contributed by atoms with van der Waals surface area (Å²) in [6.45, 7) is 5.23. The van der Waals surface area contributed by atoms with E-state index in [0.717, 1.165) is 23.4 Å². The van der Waals surface area contributed by atoms with Gasteiger partial charge in [-0.1, -0.05) is 11.3 Å². The summed E-state index contributed by atoms with van der Waals surface area (Å²) in [6.07, 6.45) is 2.73. The van der Waals surface area contributed by atoms with Crippen LogP contribution in [0.2, 0.25) is 0 Å². The molecular formula is C11H18N2OS. The van der Waals surface area contributed by atoms with Gasteiger partial charge in [0.2, 0.25) is 0 Å². The van der Waals surface area contributed by atoms with Crippen LogP contribution in [0.25, 0.3) is 0 Å². The summed E-state index contributed by atoms with van der Waals surface area (Å²) in [4.78, 5) is 5.64. The molecule has 1 aliphatic carbocycles. The average molecular weight is 226 g/mol. The highest BCUT2D eigenvalue weighted by molar-refractivity contribution is 7.13. The van der Waals surface area contributed by atoms with Crippen molar-refractivity contribution in [2.45, 2.75) is 32.8 Å². The summed E-state index contributed by atoms with van der Waals surface area (Å²) in [7, 11) is 2.00. The summed E-state index contributed by atoms with van der Waals surface area (Å²) < 4.78 is 5.81. The predicted octanol–water partition coefficient (Wildman–Crippen LogP) is 2.14. The minimum absolute atomic E-state index is 0.397. The number of nitrogens with zero attached hydrogens (tertiary/aromatic N) is 1. The molecule has 0 atom stereocenters. The SMILES string of the molecule is CNCC1CC(Oc2nc(C)c(C)s2)C1. The Labute approximate surface area is 94.9 Å². The fourth-order valence-electron chi connectivity index (χ4n) is 1.86. The summed E-state index contributed by atoms with van der Waals surface area (Å²) in [6, 6.07) is 0. The van der Waals surface area contributed by atoms with Gasteiger partial charge in [0.25, 0.3) is 5.19 Å². The smallest absolute Gasteiger partial charge is 0.273 e. The van der Waals surface area contributed by atoms with Crippen LogP contribution in [0.5, 0.6) is 5.19 Å². The Bertz CT molecular complexity index is 312. The van der Waals surface area contributed by atoms with Crippen molar-refractivity contribution in [1.29, 1.82) is 0 Å². The van der Waals surface area contributed by atoms with Gasteiger partial charge in [0.1, 0.15) is 6.10 Å². The third-order valence-electron chi connectivity index (χ3n) is 2.96. The van der Waals surface area contributed by atoms with E-state index in [9.17, 15) is 0 Å². The molecule has 15 heavy (non-hydrogen) atoms. The molecule has 0 radical (unpaired) electrons. The zero-order valence-electron chi connectivity index (χ0n) is 9.54. The summed E-state index contributed by atoms with van der Waals surface area (Å²) in [5, 5.41) is 4.04. The molecule has 0 saturated heterocycles. The minimum atomic E-state index is 0.397. The van der Waals surface area contributed by atoms with Crippen molar-refractivity contribution in [3.63, 3.8) is 0 Å². The molecule has 1 saturated carbocycles. The van der Waals surface area contributed by atoms with Crippen LogP contribution in [0, 0.1) is 19.8 Å². The van der Waals surface area contributed by atoms with Gasteiger partial charge in [-0.15, -0.1) is 0 Å². The normalized spacial score (nSPS) is 25.0. The second-order valence-electron chi connectivity index (χ2n) is 4.26. The predicted molar refractivity (Wildman–Crippen MR) is 62.7 cm³/mol. The van der Waals surface area contributed by atoms with Gasteiger partial charge in [0.15, 0.2) is 0 Å². The molecule has 1 fully saturated rings. The molecular weight excluding hydrogens is 208 g/mol. The summed E-state index contributed by atoms with van der Waals surface area (Å²) >= 11 is 1.66. The number of hydrogen-bond acceptors (Lipinski definition) is 4. The third-order valence-corrected chi connectivity index (χ3v) is 3.93. The molecule has 0 aromatic carbocycles. The highest BCUT2D eigenvalue weighted by Gasteiger charge is 2.30. The Balaban J connectivity index is 1.80. The van der Waals surface area contributed by atoms with Crippen molar-refractivity contribution in [3.8, 4) is 5.19 Å². The van der Waals surface area contributed by atoms with E-state index in [4.69, 9.17) is 4.74 Å². The van der Waals surface area contributed by atoms with Crippen LogP contribution in [-0.4, -0.2) is 24.7 Å². The quantitative estimate of drug-likeness (QED) is 0.854. The van der Waals surface area contributed by atoms with Crippen LogP contribution in [-0.2, 0) is 0 Å². The Morgan fingerprint density at radius 2 is 2.20 bits per heavy atom. The molecule has 0 amide bonds. The first-order chi connectivity index (χ1) is 7.19. The first kappa shape index (κ1) is 10.9. The number of thiazole rings is 1. The number of hydrogen-bond donors (Lipinski definition) is 1. The standard InChI is InChI=1S/C11H18N2OS/c1-7-8(2)15-11(13-7)14-10-4-9(5-10)6-12-3/h9-10,12H,4-6H2,1-3H3. The van der Waals surface area contributed by atoms with Crippen molar-refractivity contribution in [1.82, 2.24) is 10.3 Å². The molecule has 4 heteroatoms. The Morgan fingerprint density at radius 3 is 2.73 bits per heavy atom. The average Bonchev–Trinajstić information content (AvgIpc) is 2.43. The van der Waals surface area contributed by atoms with Crippen LogP contribution in [0.4, 0.5) is 0 Å². The molecule has 0 spiro atoms. The third kappa shape index (κ3) is 2.49. The molecule has 1 heterocycles. The maximum atomic E-state index is 5.81. The second-order valence-corrected chi connectivity index (χ2v) is 5.42. The first-order valence-electron chi connectivity index (χ1n) is 5.44. The van der Waals surface area contributed by atoms with Crippen molar-refractivity contribution in [2.75, 3.05) is 13.6 Å². The van der Waals surface area contributed by atoms with Gasteiger partial charge < -0.3 is 10.1 Å². The number of nitrogens with one attached hydrogen (secondary N) is 1. The van der Waals surface area contributed by atoms with E-state index in [2.05, 4.69) is 17.2 Å². The van der Waals surface area contributed by atoms with Crippen LogP contribution in [0.3, 0.4) is 0 Å². The monoisotopic (exact) mass is 226 g/mol. The van der Waals surface area contributed by atoms with Crippen molar-refractivity contribution >= 4 is 11.3 Å². The summed E-state index contributed by atoms with van der Waals surface area (Å²) in [5.74, 6) is 0.794. The Morgan fingerprint density at radius 1 is 1.47 bits per heavy atom. The molecule has 1 N–H and O–H groups in total. The molecule has 0 unspecified atom stereocenters. The van der Waals surface area contributed by atoms with Gasteiger partial charge in [0.05, 0.1) is 5.69 Å². The van der Waals surface area contributed by atoms with Gasteiger partial charge in [-0.25, -0.2) is 4.98 Å². The van der Waals surface area contributed by atoms with E-state index in [1.807, 2.05) is 14.0 Å². The van der Waals surface area contributed by atoms with Crippen LogP contribution < -0.4 is 10.1 Å². The number of rotatable bonds is 4. The molecule has 0 bridgehead atoms. The Kier molecular flexibility index (Phi) is 3.26. The molecule has 0 aliphatic heterocycles. The molecule has 84 valence electrons. The van der Waals surface area contributed by atoms with E-state index in [0.29, 0.717) is 6.10 Å². The topological polar surface area (TPSA) is 34.1 Å². The van der Waals surface area contributed by atoms with E-state index in [1.54, 1.807) is 11.3 Å². The molecule has 2 rings (SSSR count). The van der Waals surface area contributed by atoms with Gasteiger partial charge in [-0.2, -0.15) is 0 Å². The largest absolute Gasteiger partial charge is 0.467 e. The number of ether oxygens (including phenoxy) is 1. The molecule has 1 aliphatic rings. The lowest BCUT2D eigenvalue weighted by atomic mass is 9.82. The van der Waals surface area contributed by atoms with Gasteiger partial charge in [0, 0.05) is 4.88 Å². The number of aryl methyl sites for hydroxylation is 2. The fourth-order valence-corrected chi connectivity index (χ4v) is 2.68. The number of aromatic nitrogens is 1. The van der Waals surface area contributed by atoms with Gasteiger partial charge >= 0.3 is 0 Å². The zero-order chi connectivity index (χ0) is 10.8. The highest BCUT2D eigenvalue weighted by atomic mass is 32.1. The fraction of sp³-hybridized carbons (Fsp3) is 0.727. The van der Waals surface area contributed by atoms with E-state index in [-0.39, 0.29) is 0 Å². The minimum Gasteiger partial charge on any atom is -0.467 e. The van der Waals surface area contributed by atoms with Gasteiger partial charge in [-0.05, 0) is 46.2 Å². The zero-order valence-corrected chi connectivity index (χ0v) is 10.4. The molecule has 1 aromatic rings. The second kappa shape index (κ2) is 4.49. The van der Waals surface area contributed by atoms with Crippen LogP contribution >= 0.6 is 11.3 Å². The lowest BCUT2D eigenvalue weighted by molar-refractivity contribution is 0.0654. The molecule has 3 nitrogen and oxygen atoms in total. The van der Waals surface area contributed by atoms with Crippen molar-refractivity contribution < 1.29 is 4.74 Å². The van der Waals surface area contributed by atoms with E-state index < -0.39 is 0 Å². The Hall–Kier alpha value is -0.610. The van der Waals surface area contributed by atoms with Gasteiger partial charge in [-0.3, -0.25) is 0 Å². The van der Waals surface area contributed by atoms with Crippen molar-refractivity contribution in [2.24, 2.45) is 5.92 Å². The lowest BCUT2D eigenvalue weighted by Crippen LogP contribution is -2.38. The maximum absolute atomic E-state index is 5.81. The van der Waals surface area contributed by atoms with Crippen LogP contribution in [0.1, 0.15) is 23.4 Å².